The zero-order valence-electron chi connectivity index (χ0n) is 8.69. The second-order valence-electron chi connectivity index (χ2n) is 4.56. The van der Waals surface area contributed by atoms with Crippen molar-refractivity contribution in [2.45, 2.75) is 37.6 Å². The summed E-state index contributed by atoms with van der Waals surface area (Å²) < 4.78 is 30.6. The first-order chi connectivity index (χ1) is 6.99. The van der Waals surface area contributed by atoms with E-state index in [1.54, 1.807) is 0 Å². The summed E-state index contributed by atoms with van der Waals surface area (Å²) in [6, 6.07) is -0.376. The van der Waals surface area contributed by atoms with E-state index in [0.717, 1.165) is 0 Å². The largest absolute Gasteiger partial charge is 0.468 e. The number of esters is 1. The van der Waals surface area contributed by atoms with Gasteiger partial charge in [-0.3, -0.25) is 4.79 Å². The number of methoxy groups -OCH3 is 1. The van der Waals surface area contributed by atoms with Crippen LogP contribution in [0.3, 0.4) is 0 Å². The standard InChI is InChI=1S/C10H15F2NO2/c1-15-8(14)7-9(6-13-7)2-4-10(11,12)5-3-9/h7,13H,2-6H2,1H3. The molecule has 86 valence electrons. The van der Waals surface area contributed by atoms with Gasteiger partial charge in [0.15, 0.2) is 0 Å². The van der Waals surface area contributed by atoms with Crippen LogP contribution in [0, 0.1) is 5.41 Å². The molecule has 1 saturated carbocycles. The van der Waals surface area contributed by atoms with Crippen LogP contribution in [-0.2, 0) is 9.53 Å². The van der Waals surface area contributed by atoms with Gasteiger partial charge in [-0.1, -0.05) is 0 Å². The average Bonchev–Trinajstić information content (AvgIpc) is 2.16. The molecule has 1 atom stereocenters. The minimum Gasteiger partial charge on any atom is -0.468 e. The van der Waals surface area contributed by atoms with Gasteiger partial charge in [0.05, 0.1) is 7.11 Å². The van der Waals surface area contributed by atoms with E-state index >= 15 is 0 Å². The Morgan fingerprint density at radius 1 is 1.33 bits per heavy atom. The predicted octanol–water partition coefficient (Wildman–Crippen LogP) is 1.33. The number of hydrogen-bond acceptors (Lipinski definition) is 3. The molecule has 1 saturated heterocycles. The minimum atomic E-state index is -2.54. The number of hydrogen-bond donors (Lipinski definition) is 1. The Balaban J connectivity index is 2.01. The van der Waals surface area contributed by atoms with Crippen molar-refractivity contribution in [2.24, 2.45) is 5.41 Å². The van der Waals surface area contributed by atoms with Gasteiger partial charge in [-0.05, 0) is 12.8 Å². The maximum atomic E-state index is 13.0. The van der Waals surface area contributed by atoms with E-state index in [-0.39, 0.29) is 30.3 Å². The van der Waals surface area contributed by atoms with Gasteiger partial charge in [-0.25, -0.2) is 8.78 Å². The van der Waals surface area contributed by atoms with Gasteiger partial charge in [0.25, 0.3) is 0 Å². The fraction of sp³-hybridized carbons (Fsp3) is 0.900. The maximum absolute atomic E-state index is 13.0. The van der Waals surface area contributed by atoms with Crippen molar-refractivity contribution in [1.82, 2.24) is 5.32 Å². The molecule has 2 aliphatic rings. The molecule has 2 fully saturated rings. The highest BCUT2D eigenvalue weighted by Crippen LogP contribution is 2.48. The van der Waals surface area contributed by atoms with Crippen LogP contribution in [-0.4, -0.2) is 31.6 Å². The van der Waals surface area contributed by atoms with Gasteiger partial charge in [0.1, 0.15) is 6.04 Å². The summed E-state index contributed by atoms with van der Waals surface area (Å²) in [7, 11) is 1.33. The second kappa shape index (κ2) is 3.40. The van der Waals surface area contributed by atoms with Gasteiger partial charge in [0.2, 0.25) is 5.92 Å². The van der Waals surface area contributed by atoms with E-state index in [1.807, 2.05) is 0 Å². The SMILES string of the molecule is COC(=O)C1NCC12CCC(F)(F)CC2. The van der Waals surface area contributed by atoms with Crippen LogP contribution < -0.4 is 5.32 Å². The molecular formula is C10H15F2NO2. The van der Waals surface area contributed by atoms with E-state index in [4.69, 9.17) is 0 Å². The number of carbonyl (C=O) groups excluding carboxylic acids is 1. The summed E-state index contributed by atoms with van der Waals surface area (Å²) in [6.07, 6.45) is 0.601. The van der Waals surface area contributed by atoms with Crippen molar-refractivity contribution in [3.05, 3.63) is 0 Å². The molecular weight excluding hydrogens is 204 g/mol. The molecule has 0 aromatic heterocycles. The Labute approximate surface area is 87.2 Å². The lowest BCUT2D eigenvalue weighted by molar-refractivity contribution is -0.159. The molecule has 2 rings (SSSR count). The fourth-order valence-electron chi connectivity index (χ4n) is 2.52. The molecule has 1 heterocycles. The summed E-state index contributed by atoms with van der Waals surface area (Å²) >= 11 is 0. The first kappa shape index (κ1) is 10.8. The highest BCUT2D eigenvalue weighted by atomic mass is 19.3. The molecule has 0 radical (unpaired) electrons. The van der Waals surface area contributed by atoms with E-state index in [2.05, 4.69) is 10.1 Å². The monoisotopic (exact) mass is 219 g/mol. The average molecular weight is 219 g/mol. The fourth-order valence-corrected chi connectivity index (χ4v) is 2.52. The molecule has 1 spiro atoms. The number of nitrogens with one attached hydrogen (secondary N) is 1. The zero-order valence-corrected chi connectivity index (χ0v) is 8.69. The maximum Gasteiger partial charge on any atom is 0.323 e. The van der Waals surface area contributed by atoms with E-state index in [0.29, 0.717) is 19.4 Å². The van der Waals surface area contributed by atoms with Crippen LogP contribution in [0.2, 0.25) is 0 Å². The molecule has 1 unspecified atom stereocenters. The Bertz CT molecular complexity index is 271. The summed E-state index contributed by atoms with van der Waals surface area (Å²) in [5.74, 6) is -2.87. The van der Waals surface area contributed by atoms with Gasteiger partial charge in [-0.2, -0.15) is 0 Å². The summed E-state index contributed by atoms with van der Waals surface area (Å²) in [4.78, 5) is 11.4. The van der Waals surface area contributed by atoms with Crippen molar-refractivity contribution in [3.8, 4) is 0 Å². The first-order valence-corrected chi connectivity index (χ1v) is 5.18. The van der Waals surface area contributed by atoms with Crippen molar-refractivity contribution in [3.63, 3.8) is 0 Å². The lowest BCUT2D eigenvalue weighted by Crippen LogP contribution is -2.67. The van der Waals surface area contributed by atoms with E-state index < -0.39 is 5.92 Å². The molecule has 1 N–H and O–H groups in total. The van der Waals surface area contributed by atoms with Crippen LogP contribution >= 0.6 is 0 Å². The Kier molecular flexibility index (Phi) is 2.45. The molecule has 3 nitrogen and oxygen atoms in total. The van der Waals surface area contributed by atoms with Crippen LogP contribution in [0.25, 0.3) is 0 Å². The Hall–Kier alpha value is -0.710. The molecule has 0 bridgehead atoms. The van der Waals surface area contributed by atoms with Crippen molar-refractivity contribution in [2.75, 3.05) is 13.7 Å². The predicted molar refractivity (Wildman–Crippen MR) is 49.7 cm³/mol. The Morgan fingerprint density at radius 3 is 2.33 bits per heavy atom. The number of rotatable bonds is 1. The highest BCUT2D eigenvalue weighted by Gasteiger charge is 2.55. The topological polar surface area (TPSA) is 38.3 Å². The van der Waals surface area contributed by atoms with Gasteiger partial charge < -0.3 is 10.1 Å². The van der Waals surface area contributed by atoms with Crippen molar-refractivity contribution in [1.29, 1.82) is 0 Å². The van der Waals surface area contributed by atoms with Gasteiger partial charge >= 0.3 is 5.97 Å². The van der Waals surface area contributed by atoms with Gasteiger partial charge in [0, 0.05) is 24.8 Å². The number of ether oxygens (including phenoxy) is 1. The third kappa shape index (κ3) is 1.73. The third-order valence-electron chi connectivity index (χ3n) is 3.68. The molecule has 15 heavy (non-hydrogen) atoms. The van der Waals surface area contributed by atoms with Crippen LogP contribution in [0.15, 0.2) is 0 Å². The molecule has 1 aliphatic carbocycles. The lowest BCUT2D eigenvalue weighted by Gasteiger charge is -2.52. The van der Waals surface area contributed by atoms with Crippen LogP contribution in [0.1, 0.15) is 25.7 Å². The smallest absolute Gasteiger partial charge is 0.323 e. The van der Waals surface area contributed by atoms with E-state index in [9.17, 15) is 13.6 Å². The normalized spacial score (nSPS) is 32.1. The molecule has 5 heteroatoms. The summed E-state index contributed by atoms with van der Waals surface area (Å²) in [6.45, 7) is 0.656. The number of alkyl halides is 2. The number of carbonyl (C=O) groups is 1. The first-order valence-electron chi connectivity index (χ1n) is 5.18. The minimum absolute atomic E-state index is 0.109. The molecule has 1 aliphatic heterocycles. The highest BCUT2D eigenvalue weighted by molar-refractivity contribution is 5.78. The summed E-state index contributed by atoms with van der Waals surface area (Å²) in [5, 5.41) is 2.96. The van der Waals surface area contributed by atoms with E-state index in [1.165, 1.54) is 7.11 Å². The zero-order chi connectivity index (χ0) is 11.1. The molecule has 0 aromatic carbocycles. The quantitative estimate of drug-likeness (QED) is 0.676. The van der Waals surface area contributed by atoms with Gasteiger partial charge in [-0.15, -0.1) is 0 Å². The van der Waals surface area contributed by atoms with Crippen LogP contribution in [0.5, 0.6) is 0 Å². The third-order valence-corrected chi connectivity index (χ3v) is 3.68. The summed E-state index contributed by atoms with van der Waals surface area (Å²) in [5.41, 5.74) is -0.269. The lowest BCUT2D eigenvalue weighted by atomic mass is 9.63. The Morgan fingerprint density at radius 2 is 1.93 bits per heavy atom. The molecule has 0 amide bonds. The van der Waals surface area contributed by atoms with Crippen molar-refractivity contribution >= 4 is 5.97 Å². The van der Waals surface area contributed by atoms with Crippen LogP contribution in [0.4, 0.5) is 8.78 Å². The molecule has 0 aromatic rings. The van der Waals surface area contributed by atoms with Crippen molar-refractivity contribution < 1.29 is 18.3 Å². The second-order valence-corrected chi connectivity index (χ2v) is 4.56. The number of halogens is 2.